The third-order valence-electron chi connectivity index (χ3n) is 5.73. The van der Waals surface area contributed by atoms with E-state index in [1.807, 2.05) is 30.3 Å². The molecule has 0 amide bonds. The molecular weight excluding hydrogens is 434 g/mol. The number of benzene rings is 3. The van der Waals surface area contributed by atoms with Crippen molar-refractivity contribution in [2.75, 3.05) is 19.1 Å². The minimum atomic E-state index is -0.261. The van der Waals surface area contributed by atoms with E-state index in [0.29, 0.717) is 11.5 Å². The maximum absolute atomic E-state index is 5.94. The number of fused-ring (bicyclic) bond motifs is 1. The van der Waals surface area contributed by atoms with Crippen LogP contribution in [-0.2, 0) is 4.84 Å². The predicted octanol–water partition coefficient (Wildman–Crippen LogP) is 6.02. The number of aryl methyl sites for hydroxylation is 2. The fourth-order valence-electron chi connectivity index (χ4n) is 3.91. The second kappa shape index (κ2) is 8.83. The number of aliphatic imine (C=N–C) groups is 1. The second-order valence-corrected chi connectivity index (χ2v) is 9.14. The van der Waals surface area contributed by atoms with Crippen molar-refractivity contribution in [1.29, 1.82) is 0 Å². The summed E-state index contributed by atoms with van der Waals surface area (Å²) >= 11 is 1.66. The van der Waals surface area contributed by atoms with E-state index in [0.717, 1.165) is 27.9 Å². The molecule has 2 aliphatic rings. The van der Waals surface area contributed by atoms with E-state index in [2.05, 4.69) is 60.3 Å². The summed E-state index contributed by atoms with van der Waals surface area (Å²) in [4.78, 5) is 13.0. The average Bonchev–Trinajstić information content (AvgIpc) is 3.39. The lowest BCUT2D eigenvalue weighted by Gasteiger charge is -2.18. The van der Waals surface area contributed by atoms with Crippen LogP contribution in [0.1, 0.15) is 22.8 Å². The number of methoxy groups -OCH3 is 2. The number of rotatable bonds is 5. The lowest BCUT2D eigenvalue weighted by molar-refractivity contribution is 0.0882. The quantitative estimate of drug-likeness (QED) is 0.467. The van der Waals surface area contributed by atoms with Gasteiger partial charge in [0.2, 0.25) is 0 Å². The van der Waals surface area contributed by atoms with Gasteiger partial charge in [0.25, 0.3) is 0 Å². The van der Waals surface area contributed by atoms with E-state index < -0.39 is 0 Å². The molecule has 0 bridgehead atoms. The molecule has 2 heterocycles. The van der Waals surface area contributed by atoms with Gasteiger partial charge in [-0.2, -0.15) is 0 Å². The number of thioether (sulfide) groups is 1. The van der Waals surface area contributed by atoms with Crippen molar-refractivity contribution >= 4 is 34.1 Å². The van der Waals surface area contributed by atoms with E-state index >= 15 is 0 Å². The molecule has 0 aromatic heterocycles. The molecule has 0 radical (unpaired) electrons. The van der Waals surface area contributed by atoms with E-state index in [4.69, 9.17) is 19.3 Å². The Balaban J connectivity index is 1.53. The molecule has 2 unspecified atom stereocenters. The predicted molar refractivity (Wildman–Crippen MR) is 134 cm³/mol. The Labute approximate surface area is 197 Å². The molecule has 3 aromatic rings. The summed E-state index contributed by atoms with van der Waals surface area (Å²) in [6, 6.07) is 22.4. The number of nitrogens with zero attached hydrogens (tertiary/aromatic N) is 3. The maximum atomic E-state index is 5.94. The summed E-state index contributed by atoms with van der Waals surface area (Å²) < 4.78 is 10.9. The van der Waals surface area contributed by atoms with Crippen LogP contribution in [-0.4, -0.2) is 30.5 Å². The fraction of sp³-hybridized carbons (Fsp3) is 0.231. The summed E-state index contributed by atoms with van der Waals surface area (Å²) in [5.74, 6) is 2.19. The molecule has 168 valence electrons. The monoisotopic (exact) mass is 459 g/mol. The lowest BCUT2D eigenvalue weighted by atomic mass is 10.0. The zero-order chi connectivity index (χ0) is 22.9. The molecule has 1 saturated heterocycles. The van der Waals surface area contributed by atoms with Crippen molar-refractivity contribution in [3.8, 4) is 11.5 Å². The first-order valence-electron chi connectivity index (χ1n) is 10.7. The smallest absolute Gasteiger partial charge is 0.175 e. The maximum Gasteiger partial charge on any atom is 0.175 e. The van der Waals surface area contributed by atoms with Crippen LogP contribution in [0.3, 0.4) is 0 Å². The lowest BCUT2D eigenvalue weighted by Crippen LogP contribution is -2.31. The molecular formula is C26H25N3O3S. The van der Waals surface area contributed by atoms with Crippen molar-refractivity contribution in [1.82, 2.24) is 0 Å². The third-order valence-corrected chi connectivity index (χ3v) is 6.93. The number of oxime groups is 1. The summed E-state index contributed by atoms with van der Waals surface area (Å²) in [7, 11) is 3.26. The molecule has 0 aliphatic carbocycles. The SMILES string of the molecule is COc1ccc(C2ON=C3C2SC(=Nc2ccc(C)cc2)N3c2ccc(C)cc2)cc1OC. The first-order valence-corrected chi connectivity index (χ1v) is 11.6. The highest BCUT2D eigenvalue weighted by Crippen LogP contribution is 2.46. The largest absolute Gasteiger partial charge is 0.493 e. The number of amidine groups is 2. The molecule has 7 heteroatoms. The van der Waals surface area contributed by atoms with Crippen LogP contribution < -0.4 is 14.4 Å². The summed E-state index contributed by atoms with van der Waals surface area (Å²) in [6.07, 6.45) is -0.261. The van der Waals surface area contributed by atoms with Gasteiger partial charge in [-0.25, -0.2) is 4.99 Å². The van der Waals surface area contributed by atoms with Crippen LogP contribution in [0.5, 0.6) is 11.5 Å². The van der Waals surface area contributed by atoms with Gasteiger partial charge in [0.1, 0.15) is 5.25 Å². The Morgan fingerprint density at radius 3 is 2.21 bits per heavy atom. The van der Waals surface area contributed by atoms with Crippen LogP contribution >= 0.6 is 11.8 Å². The molecule has 2 aliphatic heterocycles. The second-order valence-electron chi connectivity index (χ2n) is 8.03. The van der Waals surface area contributed by atoms with Crippen LogP contribution in [0.15, 0.2) is 76.9 Å². The van der Waals surface area contributed by atoms with Gasteiger partial charge in [-0.05, 0) is 50.2 Å². The Kier molecular flexibility index (Phi) is 5.72. The van der Waals surface area contributed by atoms with E-state index in [-0.39, 0.29) is 11.4 Å². The number of hydrogen-bond donors (Lipinski definition) is 0. The molecule has 0 N–H and O–H groups in total. The first-order chi connectivity index (χ1) is 16.1. The molecule has 3 aromatic carbocycles. The average molecular weight is 460 g/mol. The summed E-state index contributed by atoms with van der Waals surface area (Å²) in [5.41, 5.74) is 5.30. The van der Waals surface area contributed by atoms with Crippen molar-refractivity contribution in [3.63, 3.8) is 0 Å². The Hall–Kier alpha value is -3.45. The molecule has 5 rings (SSSR count). The van der Waals surface area contributed by atoms with Crippen LogP contribution in [0.25, 0.3) is 0 Å². The van der Waals surface area contributed by atoms with Crippen LogP contribution in [0, 0.1) is 13.8 Å². The number of anilines is 1. The standard InChI is InChI=1S/C26H25N3O3S/c1-16-5-10-19(11-6-16)27-26-29(20-12-7-17(2)8-13-20)25-24(33-26)23(32-28-25)18-9-14-21(30-3)22(15-18)31-4/h5-15,23-24H,1-4H3. The normalized spacial score (nSPS) is 20.4. The Bertz CT molecular complexity index is 1220. The van der Waals surface area contributed by atoms with Crippen LogP contribution in [0.4, 0.5) is 11.4 Å². The first kappa shape index (κ1) is 21.4. The Morgan fingerprint density at radius 2 is 1.55 bits per heavy atom. The van der Waals surface area contributed by atoms with Crippen molar-refractivity contribution in [2.24, 2.45) is 10.1 Å². The highest BCUT2D eigenvalue weighted by molar-refractivity contribution is 8.16. The van der Waals surface area contributed by atoms with Crippen molar-refractivity contribution in [2.45, 2.75) is 25.2 Å². The topological polar surface area (TPSA) is 55.7 Å². The van der Waals surface area contributed by atoms with Gasteiger partial charge < -0.3 is 14.3 Å². The highest BCUT2D eigenvalue weighted by atomic mass is 32.2. The molecule has 0 saturated carbocycles. The molecule has 33 heavy (non-hydrogen) atoms. The van der Waals surface area contributed by atoms with Gasteiger partial charge >= 0.3 is 0 Å². The molecule has 0 spiro atoms. The van der Waals surface area contributed by atoms with Gasteiger partial charge in [0.05, 0.1) is 19.9 Å². The van der Waals surface area contributed by atoms with Gasteiger partial charge in [-0.3, -0.25) is 4.90 Å². The summed E-state index contributed by atoms with van der Waals surface area (Å²) in [6.45, 7) is 4.15. The number of ether oxygens (including phenoxy) is 2. The Morgan fingerprint density at radius 1 is 0.879 bits per heavy atom. The van der Waals surface area contributed by atoms with Crippen LogP contribution in [0.2, 0.25) is 0 Å². The van der Waals surface area contributed by atoms with Gasteiger partial charge in [-0.1, -0.05) is 58.4 Å². The van der Waals surface area contributed by atoms with E-state index in [9.17, 15) is 0 Å². The zero-order valence-electron chi connectivity index (χ0n) is 19.0. The van der Waals surface area contributed by atoms with E-state index in [1.54, 1.807) is 26.0 Å². The van der Waals surface area contributed by atoms with Crippen molar-refractivity contribution in [3.05, 3.63) is 83.4 Å². The fourth-order valence-corrected chi connectivity index (χ4v) is 5.18. The highest BCUT2D eigenvalue weighted by Gasteiger charge is 2.48. The van der Waals surface area contributed by atoms with Gasteiger partial charge in [-0.15, -0.1) is 0 Å². The molecule has 2 atom stereocenters. The van der Waals surface area contributed by atoms with Crippen molar-refractivity contribution < 1.29 is 14.3 Å². The van der Waals surface area contributed by atoms with Gasteiger partial charge in [0.15, 0.2) is 28.6 Å². The zero-order valence-corrected chi connectivity index (χ0v) is 19.8. The number of hydrogen-bond acceptors (Lipinski definition) is 6. The summed E-state index contributed by atoms with van der Waals surface area (Å²) in [5, 5.41) is 5.35. The van der Waals surface area contributed by atoms with Gasteiger partial charge in [0, 0.05) is 11.3 Å². The minimum absolute atomic E-state index is 0.0337. The minimum Gasteiger partial charge on any atom is -0.493 e. The molecule has 6 nitrogen and oxygen atoms in total. The third kappa shape index (κ3) is 4.04. The molecule has 1 fully saturated rings. The van der Waals surface area contributed by atoms with E-state index in [1.165, 1.54) is 11.1 Å².